The molecule has 0 amide bonds. The number of nitrogens with zero attached hydrogens (tertiary/aromatic N) is 1. The predicted molar refractivity (Wildman–Crippen MR) is 145 cm³/mol. The quantitative estimate of drug-likeness (QED) is 0.105. The second kappa shape index (κ2) is 11.2. The van der Waals surface area contributed by atoms with E-state index < -0.39 is 17.3 Å². The summed E-state index contributed by atoms with van der Waals surface area (Å²) >= 11 is 7.77. The second-order valence-corrected chi connectivity index (χ2v) is 10.3. The van der Waals surface area contributed by atoms with Crippen LogP contribution in [0.1, 0.15) is 54.7 Å². The highest BCUT2D eigenvalue weighted by molar-refractivity contribution is 7.78. The fourth-order valence-corrected chi connectivity index (χ4v) is 6.27. The summed E-state index contributed by atoms with van der Waals surface area (Å²) in [5.41, 5.74) is 3.91. The predicted octanol–water partition coefficient (Wildman–Crippen LogP) is 9.34. The van der Waals surface area contributed by atoms with Crippen molar-refractivity contribution in [3.63, 3.8) is 0 Å². The van der Waals surface area contributed by atoms with Gasteiger partial charge in [0.05, 0.1) is 10.0 Å². The van der Waals surface area contributed by atoms with Gasteiger partial charge in [0.15, 0.2) is 11.6 Å². The van der Waals surface area contributed by atoms with E-state index in [1.807, 2.05) is 11.2 Å². The number of aliphatic imine (C=N–C) groups is 1. The van der Waals surface area contributed by atoms with E-state index >= 15 is 0 Å². The van der Waals surface area contributed by atoms with Gasteiger partial charge in [0.1, 0.15) is 5.69 Å². The van der Waals surface area contributed by atoms with Crippen molar-refractivity contribution in [1.29, 1.82) is 0 Å². The highest BCUT2D eigenvalue weighted by Gasteiger charge is 2.12. The molecule has 0 saturated heterocycles. The number of hydrogen-bond donors (Lipinski definition) is 0. The Bertz CT molecular complexity index is 1390. The van der Waals surface area contributed by atoms with E-state index in [0.29, 0.717) is 0 Å². The number of halogens is 2. The first kappa shape index (κ1) is 24.4. The van der Waals surface area contributed by atoms with Gasteiger partial charge < -0.3 is 0 Å². The summed E-state index contributed by atoms with van der Waals surface area (Å²) in [6.45, 7) is 4.44. The molecule has 1 nitrogen and oxygen atoms in total. The second-order valence-electron chi connectivity index (χ2n) is 7.99. The van der Waals surface area contributed by atoms with Gasteiger partial charge in [-0.1, -0.05) is 56.7 Å². The summed E-state index contributed by atoms with van der Waals surface area (Å²) in [5.74, 6) is 4.27. The Balaban J connectivity index is 1.57. The molecule has 0 unspecified atom stereocenters. The van der Waals surface area contributed by atoms with Crippen LogP contribution in [-0.2, 0) is 12.8 Å². The third-order valence-electron chi connectivity index (χ3n) is 5.60. The average Bonchev–Trinajstić information content (AvgIpc) is 3.39. The first-order chi connectivity index (χ1) is 16.5. The van der Waals surface area contributed by atoms with Crippen LogP contribution in [0, 0.1) is 23.5 Å². The van der Waals surface area contributed by atoms with Crippen LogP contribution in [-0.4, -0.2) is 5.16 Å². The zero-order valence-corrected chi connectivity index (χ0v) is 21.5. The molecular formula is C28H23F2NS3. The van der Waals surface area contributed by atoms with Crippen molar-refractivity contribution < 1.29 is 8.78 Å². The van der Waals surface area contributed by atoms with Crippen molar-refractivity contribution >= 4 is 55.1 Å². The van der Waals surface area contributed by atoms with Gasteiger partial charge in [-0.3, -0.25) is 0 Å². The van der Waals surface area contributed by atoms with E-state index in [-0.39, 0.29) is 5.56 Å². The molecule has 2 heterocycles. The van der Waals surface area contributed by atoms with Gasteiger partial charge >= 0.3 is 0 Å². The number of hydrogen-bond acceptors (Lipinski definition) is 4. The number of aryl methyl sites for hydroxylation is 2. The minimum Gasteiger partial charge on any atom is -0.204 e. The molecule has 0 fully saturated rings. The summed E-state index contributed by atoms with van der Waals surface area (Å²) in [7, 11) is 0. The van der Waals surface area contributed by atoms with E-state index in [1.165, 1.54) is 50.2 Å². The zero-order chi connectivity index (χ0) is 24.1. The molecule has 6 heteroatoms. The van der Waals surface area contributed by atoms with Gasteiger partial charge in [-0.2, -0.15) is 4.99 Å². The van der Waals surface area contributed by atoms with Crippen molar-refractivity contribution in [3.05, 3.63) is 75.7 Å². The van der Waals surface area contributed by atoms with Gasteiger partial charge in [0.2, 0.25) is 0 Å². The Hall–Kier alpha value is -2.68. The van der Waals surface area contributed by atoms with E-state index in [4.69, 9.17) is 0 Å². The lowest BCUT2D eigenvalue weighted by atomic mass is 9.98. The SMILES string of the molecule is CCCCCc1ccc(-c2cc3sc(C#Cc4cc(F)c(N=C=S)c(F)c4)cc3s2)c(CC)c1. The molecule has 0 aliphatic heterocycles. The summed E-state index contributed by atoms with van der Waals surface area (Å²) in [5, 5.41) is 1.99. The molecule has 0 aliphatic carbocycles. The van der Waals surface area contributed by atoms with Crippen LogP contribution < -0.4 is 0 Å². The number of isothiocyanates is 1. The number of fused-ring (bicyclic) bond motifs is 1. The molecule has 0 spiro atoms. The number of thiocarbonyl (C=S) groups is 1. The van der Waals surface area contributed by atoms with Crippen molar-refractivity contribution in [2.75, 3.05) is 0 Å². The highest BCUT2D eigenvalue weighted by atomic mass is 32.1. The average molecular weight is 508 g/mol. The van der Waals surface area contributed by atoms with Crippen LogP contribution >= 0.6 is 34.9 Å². The molecule has 4 rings (SSSR count). The fraction of sp³-hybridized carbons (Fsp3) is 0.250. The molecular weight excluding hydrogens is 485 g/mol. The topological polar surface area (TPSA) is 12.4 Å². The Morgan fingerprint density at radius 2 is 1.68 bits per heavy atom. The molecule has 34 heavy (non-hydrogen) atoms. The molecule has 0 radical (unpaired) electrons. The summed E-state index contributed by atoms with van der Waals surface area (Å²) in [6, 6.07) is 13.5. The third-order valence-corrected chi connectivity index (χ3v) is 7.93. The number of benzene rings is 2. The van der Waals surface area contributed by atoms with Crippen molar-refractivity contribution in [2.24, 2.45) is 4.99 Å². The first-order valence-corrected chi connectivity index (χ1v) is 13.3. The highest BCUT2D eigenvalue weighted by Crippen LogP contribution is 2.39. The van der Waals surface area contributed by atoms with Crippen molar-refractivity contribution in [3.8, 4) is 22.3 Å². The zero-order valence-electron chi connectivity index (χ0n) is 19.0. The van der Waals surface area contributed by atoms with E-state index in [2.05, 4.69) is 67.2 Å². The fourth-order valence-electron chi connectivity index (χ4n) is 3.87. The normalized spacial score (nSPS) is 10.7. The van der Waals surface area contributed by atoms with Gasteiger partial charge in [0.25, 0.3) is 0 Å². The van der Waals surface area contributed by atoms with Crippen LogP contribution in [0.25, 0.3) is 19.8 Å². The molecule has 0 N–H and O–H groups in total. The van der Waals surface area contributed by atoms with Crippen LogP contribution in [0.5, 0.6) is 0 Å². The first-order valence-electron chi connectivity index (χ1n) is 11.3. The Morgan fingerprint density at radius 3 is 2.35 bits per heavy atom. The maximum Gasteiger partial charge on any atom is 0.153 e. The lowest BCUT2D eigenvalue weighted by Gasteiger charge is -2.09. The molecule has 0 aliphatic rings. The number of thiophene rings is 2. The molecule has 0 atom stereocenters. The van der Waals surface area contributed by atoms with E-state index in [0.717, 1.165) is 29.9 Å². The molecule has 4 aromatic rings. The Morgan fingerprint density at radius 1 is 0.912 bits per heavy atom. The Labute approximate surface area is 212 Å². The third kappa shape index (κ3) is 5.51. The molecule has 2 aromatic carbocycles. The summed E-state index contributed by atoms with van der Waals surface area (Å²) < 4.78 is 30.4. The molecule has 0 saturated carbocycles. The smallest absolute Gasteiger partial charge is 0.153 e. The monoisotopic (exact) mass is 507 g/mol. The standard InChI is InChI=1S/C28H23F2NS3/c1-3-5-6-7-18-9-11-22(20(4-2)12-18)25-16-27-26(34-25)15-21(33-27)10-8-19-13-23(29)28(31-17-32)24(30)14-19/h9,11-16H,3-7H2,1-2H3. The summed E-state index contributed by atoms with van der Waals surface area (Å²) in [6.07, 6.45) is 5.88. The lowest BCUT2D eigenvalue weighted by Crippen LogP contribution is -1.91. The van der Waals surface area contributed by atoms with Gasteiger partial charge in [0, 0.05) is 19.8 Å². The largest absolute Gasteiger partial charge is 0.204 e. The van der Waals surface area contributed by atoms with Crippen LogP contribution in [0.3, 0.4) is 0 Å². The minimum absolute atomic E-state index is 0.252. The van der Waals surface area contributed by atoms with Crippen LogP contribution in [0.4, 0.5) is 14.5 Å². The van der Waals surface area contributed by atoms with Crippen molar-refractivity contribution in [1.82, 2.24) is 0 Å². The van der Waals surface area contributed by atoms with Gasteiger partial charge in [-0.15, -0.1) is 22.7 Å². The number of unbranched alkanes of at least 4 members (excludes halogenated alkanes) is 2. The Kier molecular flexibility index (Phi) is 8.03. The van der Waals surface area contributed by atoms with E-state index in [9.17, 15) is 8.78 Å². The van der Waals surface area contributed by atoms with Gasteiger partial charge in [-0.25, -0.2) is 8.78 Å². The maximum atomic E-state index is 14.0. The van der Waals surface area contributed by atoms with Crippen LogP contribution in [0.2, 0.25) is 0 Å². The molecule has 2 aromatic heterocycles. The number of rotatable bonds is 7. The molecule has 172 valence electrons. The van der Waals surface area contributed by atoms with Crippen LogP contribution in [0.15, 0.2) is 47.5 Å². The molecule has 0 bridgehead atoms. The maximum absolute atomic E-state index is 14.0. The minimum atomic E-state index is -0.804. The lowest BCUT2D eigenvalue weighted by molar-refractivity contribution is 0.587. The van der Waals surface area contributed by atoms with Crippen molar-refractivity contribution in [2.45, 2.75) is 46.0 Å². The van der Waals surface area contributed by atoms with Gasteiger partial charge in [-0.05, 0) is 72.4 Å². The summed E-state index contributed by atoms with van der Waals surface area (Å²) in [4.78, 5) is 5.54. The van der Waals surface area contributed by atoms with E-state index in [1.54, 1.807) is 22.7 Å².